The lowest BCUT2D eigenvalue weighted by Crippen LogP contribution is -2.43. The summed E-state index contributed by atoms with van der Waals surface area (Å²) in [5, 5.41) is 6.20. The van der Waals surface area contributed by atoms with Crippen LogP contribution in [0.5, 0.6) is 0 Å². The molecule has 1 aromatic carbocycles. The minimum absolute atomic E-state index is 0.127. The van der Waals surface area contributed by atoms with E-state index in [1.807, 2.05) is 48.9 Å². The van der Waals surface area contributed by atoms with Crippen LogP contribution in [0.3, 0.4) is 0 Å². The summed E-state index contributed by atoms with van der Waals surface area (Å²) in [6.45, 7) is 3.94. The summed E-state index contributed by atoms with van der Waals surface area (Å²) < 4.78 is 0. The molecule has 120 valence electrons. The molecule has 5 nitrogen and oxygen atoms in total. The maximum Gasteiger partial charge on any atom is 0.257 e. The van der Waals surface area contributed by atoms with Gasteiger partial charge in [-0.25, -0.2) is 4.98 Å². The van der Waals surface area contributed by atoms with Crippen molar-refractivity contribution in [3.8, 4) is 0 Å². The fourth-order valence-corrected chi connectivity index (χ4v) is 3.18. The van der Waals surface area contributed by atoms with Crippen LogP contribution in [0.4, 0.5) is 11.5 Å². The number of piperazine rings is 1. The molecule has 2 aromatic rings. The van der Waals surface area contributed by atoms with Gasteiger partial charge in [-0.2, -0.15) is 0 Å². The van der Waals surface area contributed by atoms with E-state index in [0.29, 0.717) is 11.4 Å². The lowest BCUT2D eigenvalue weighted by molar-refractivity contribution is 0.102. The summed E-state index contributed by atoms with van der Waals surface area (Å²) in [7, 11) is 0. The van der Waals surface area contributed by atoms with E-state index in [-0.39, 0.29) is 5.91 Å². The Hall–Kier alpha value is -2.05. The van der Waals surface area contributed by atoms with Gasteiger partial charge in [0.25, 0.3) is 5.91 Å². The average Bonchev–Trinajstić information content (AvgIpc) is 2.63. The third-order valence-corrected chi connectivity index (χ3v) is 4.62. The summed E-state index contributed by atoms with van der Waals surface area (Å²) in [5.41, 5.74) is 1.77. The standard InChI is InChI=1S/C17H20N4OS/c1-23-15-5-3-2-4-14(15)17(22)20-16-7-6-13(12-19-16)21-10-8-18-9-11-21/h2-7,12,18H,8-11H2,1H3,(H,19,20,22). The van der Waals surface area contributed by atoms with Gasteiger partial charge < -0.3 is 15.5 Å². The minimum Gasteiger partial charge on any atom is -0.368 e. The normalized spacial score (nSPS) is 14.6. The maximum atomic E-state index is 12.4. The number of rotatable bonds is 4. The van der Waals surface area contributed by atoms with Gasteiger partial charge in [-0.05, 0) is 30.5 Å². The van der Waals surface area contributed by atoms with Gasteiger partial charge in [0, 0.05) is 31.1 Å². The molecule has 1 aliphatic heterocycles. The van der Waals surface area contributed by atoms with Crippen LogP contribution in [0.15, 0.2) is 47.5 Å². The Morgan fingerprint density at radius 2 is 2.00 bits per heavy atom. The van der Waals surface area contributed by atoms with E-state index in [0.717, 1.165) is 36.8 Å². The Balaban J connectivity index is 1.69. The highest BCUT2D eigenvalue weighted by Gasteiger charge is 2.13. The largest absolute Gasteiger partial charge is 0.368 e. The third-order valence-electron chi connectivity index (χ3n) is 3.82. The number of anilines is 2. The predicted octanol–water partition coefficient (Wildman–Crippen LogP) is 2.47. The molecule has 2 heterocycles. The van der Waals surface area contributed by atoms with Crippen molar-refractivity contribution >= 4 is 29.2 Å². The zero-order valence-corrected chi connectivity index (χ0v) is 13.9. The number of thioether (sulfide) groups is 1. The minimum atomic E-state index is -0.127. The molecule has 0 bridgehead atoms. The van der Waals surface area contributed by atoms with Crippen LogP contribution in [0.25, 0.3) is 0 Å². The van der Waals surface area contributed by atoms with Crippen LogP contribution in [-0.2, 0) is 0 Å². The van der Waals surface area contributed by atoms with Crippen molar-refractivity contribution < 1.29 is 4.79 Å². The van der Waals surface area contributed by atoms with Crippen LogP contribution in [0.2, 0.25) is 0 Å². The smallest absolute Gasteiger partial charge is 0.257 e. The Morgan fingerprint density at radius 3 is 2.70 bits per heavy atom. The molecule has 0 aliphatic carbocycles. The topological polar surface area (TPSA) is 57.3 Å². The molecule has 1 saturated heterocycles. The quantitative estimate of drug-likeness (QED) is 0.845. The van der Waals surface area contributed by atoms with Crippen molar-refractivity contribution in [2.75, 3.05) is 42.7 Å². The molecule has 1 fully saturated rings. The molecule has 0 saturated carbocycles. The number of hydrogen-bond acceptors (Lipinski definition) is 5. The number of carbonyl (C=O) groups is 1. The van der Waals surface area contributed by atoms with Crippen LogP contribution in [0, 0.1) is 0 Å². The van der Waals surface area contributed by atoms with Crippen molar-refractivity contribution in [1.29, 1.82) is 0 Å². The number of benzene rings is 1. The third kappa shape index (κ3) is 3.83. The SMILES string of the molecule is CSc1ccccc1C(=O)Nc1ccc(N2CCNCC2)cn1. The van der Waals surface area contributed by atoms with Crippen molar-refractivity contribution in [3.63, 3.8) is 0 Å². The van der Waals surface area contributed by atoms with E-state index < -0.39 is 0 Å². The second-order valence-corrected chi connectivity index (χ2v) is 6.14. The van der Waals surface area contributed by atoms with Gasteiger partial charge in [-0.3, -0.25) is 4.79 Å². The van der Waals surface area contributed by atoms with Crippen LogP contribution in [0.1, 0.15) is 10.4 Å². The van der Waals surface area contributed by atoms with Crippen molar-refractivity contribution in [1.82, 2.24) is 10.3 Å². The van der Waals surface area contributed by atoms with Gasteiger partial charge in [0.05, 0.1) is 17.4 Å². The highest BCUT2D eigenvalue weighted by atomic mass is 32.2. The van der Waals surface area contributed by atoms with Crippen LogP contribution in [-0.4, -0.2) is 43.3 Å². The number of amides is 1. The molecule has 1 aromatic heterocycles. The Bertz CT molecular complexity index is 669. The molecular formula is C17H20N4OS. The molecule has 1 aliphatic rings. The lowest BCUT2D eigenvalue weighted by Gasteiger charge is -2.29. The second-order valence-electron chi connectivity index (χ2n) is 5.29. The number of nitrogens with one attached hydrogen (secondary N) is 2. The second kappa shape index (κ2) is 7.48. The first-order chi connectivity index (χ1) is 11.3. The summed E-state index contributed by atoms with van der Waals surface area (Å²) in [6, 6.07) is 11.4. The van der Waals surface area contributed by atoms with Gasteiger partial charge in [0.1, 0.15) is 5.82 Å². The highest BCUT2D eigenvalue weighted by molar-refractivity contribution is 7.98. The number of aromatic nitrogens is 1. The zero-order valence-electron chi connectivity index (χ0n) is 13.1. The van der Waals surface area contributed by atoms with E-state index in [4.69, 9.17) is 0 Å². The molecule has 0 unspecified atom stereocenters. The van der Waals surface area contributed by atoms with E-state index in [2.05, 4.69) is 20.5 Å². The predicted molar refractivity (Wildman–Crippen MR) is 95.5 cm³/mol. The van der Waals surface area contributed by atoms with Crippen molar-refractivity contribution in [2.45, 2.75) is 4.90 Å². The van der Waals surface area contributed by atoms with Gasteiger partial charge in [-0.1, -0.05) is 12.1 Å². The fraction of sp³-hybridized carbons (Fsp3) is 0.294. The van der Waals surface area contributed by atoms with E-state index >= 15 is 0 Å². The molecule has 0 radical (unpaired) electrons. The highest BCUT2D eigenvalue weighted by Crippen LogP contribution is 2.21. The summed E-state index contributed by atoms with van der Waals surface area (Å²) >= 11 is 1.56. The molecule has 6 heteroatoms. The molecule has 1 amide bonds. The molecule has 0 atom stereocenters. The monoisotopic (exact) mass is 328 g/mol. The summed E-state index contributed by atoms with van der Waals surface area (Å²) in [6.07, 6.45) is 3.79. The first kappa shape index (κ1) is 15.8. The first-order valence-electron chi connectivity index (χ1n) is 7.64. The average molecular weight is 328 g/mol. The maximum absolute atomic E-state index is 12.4. The van der Waals surface area contributed by atoms with Gasteiger partial charge in [0.2, 0.25) is 0 Å². The zero-order chi connectivity index (χ0) is 16.1. The first-order valence-corrected chi connectivity index (χ1v) is 8.86. The van der Waals surface area contributed by atoms with Gasteiger partial charge in [-0.15, -0.1) is 11.8 Å². The number of pyridine rings is 1. The summed E-state index contributed by atoms with van der Waals surface area (Å²) in [5.74, 6) is 0.446. The van der Waals surface area contributed by atoms with E-state index in [1.54, 1.807) is 11.8 Å². The summed E-state index contributed by atoms with van der Waals surface area (Å²) in [4.78, 5) is 20.0. The number of nitrogens with zero attached hydrogens (tertiary/aromatic N) is 2. The van der Waals surface area contributed by atoms with Gasteiger partial charge in [0.15, 0.2) is 0 Å². The number of carbonyl (C=O) groups excluding carboxylic acids is 1. The number of hydrogen-bond donors (Lipinski definition) is 2. The Morgan fingerprint density at radius 1 is 1.22 bits per heavy atom. The van der Waals surface area contributed by atoms with Crippen molar-refractivity contribution in [2.24, 2.45) is 0 Å². The van der Waals surface area contributed by atoms with Crippen LogP contribution >= 0.6 is 11.8 Å². The molecular weight excluding hydrogens is 308 g/mol. The van der Waals surface area contributed by atoms with Gasteiger partial charge >= 0.3 is 0 Å². The molecule has 2 N–H and O–H groups in total. The van der Waals surface area contributed by atoms with E-state index in [1.165, 1.54) is 0 Å². The van der Waals surface area contributed by atoms with E-state index in [9.17, 15) is 4.79 Å². The van der Waals surface area contributed by atoms with Crippen LogP contribution < -0.4 is 15.5 Å². The fourth-order valence-electron chi connectivity index (χ4n) is 2.59. The van der Waals surface area contributed by atoms with Crippen molar-refractivity contribution in [3.05, 3.63) is 48.2 Å². The Kier molecular flexibility index (Phi) is 5.15. The Labute approximate surface area is 140 Å². The lowest BCUT2D eigenvalue weighted by atomic mass is 10.2. The molecule has 23 heavy (non-hydrogen) atoms. The molecule has 3 rings (SSSR count). The molecule has 0 spiro atoms.